The molecule has 2 aromatic rings. The third kappa shape index (κ3) is 3.62. The van der Waals surface area contributed by atoms with E-state index in [4.69, 9.17) is 11.6 Å². The van der Waals surface area contributed by atoms with Crippen LogP contribution in [0.15, 0.2) is 29.6 Å². The lowest BCUT2D eigenvalue weighted by atomic mass is 9.76. The van der Waals surface area contributed by atoms with Crippen LogP contribution in [-0.4, -0.2) is 40.0 Å². The number of benzene rings is 1. The van der Waals surface area contributed by atoms with E-state index in [0.29, 0.717) is 23.7 Å². The quantitative estimate of drug-likeness (QED) is 0.835. The first-order chi connectivity index (χ1) is 12.3. The average Bonchev–Trinajstić information content (AvgIpc) is 3.23. The van der Waals surface area contributed by atoms with Gasteiger partial charge in [-0.1, -0.05) is 37.6 Å². The van der Waals surface area contributed by atoms with E-state index in [0.717, 1.165) is 10.6 Å². The summed E-state index contributed by atoms with van der Waals surface area (Å²) in [6.07, 6.45) is 0.691. The number of rotatable bonds is 5. The SMILES string of the molecule is CC(C)C1(C(=O)O)CCN(C(=O)Cc2csc(-c3ccc(Cl)cc3)n2)C1. The summed E-state index contributed by atoms with van der Waals surface area (Å²) in [7, 11) is 0. The summed E-state index contributed by atoms with van der Waals surface area (Å²) in [4.78, 5) is 30.5. The molecule has 5 nitrogen and oxygen atoms in total. The van der Waals surface area contributed by atoms with Gasteiger partial charge >= 0.3 is 5.97 Å². The number of nitrogens with zero attached hydrogens (tertiary/aromatic N) is 2. The fourth-order valence-electron chi connectivity index (χ4n) is 3.32. The molecule has 0 spiro atoms. The van der Waals surface area contributed by atoms with Gasteiger partial charge in [-0.3, -0.25) is 9.59 Å². The topological polar surface area (TPSA) is 70.5 Å². The summed E-state index contributed by atoms with van der Waals surface area (Å²) in [6, 6.07) is 7.42. The maximum atomic E-state index is 12.6. The van der Waals surface area contributed by atoms with Gasteiger partial charge in [0, 0.05) is 29.1 Å². The van der Waals surface area contributed by atoms with Gasteiger partial charge in [-0.15, -0.1) is 11.3 Å². The van der Waals surface area contributed by atoms with Crippen LogP contribution in [0.5, 0.6) is 0 Å². The Hall–Kier alpha value is -1.92. The molecule has 0 radical (unpaired) electrons. The van der Waals surface area contributed by atoms with Gasteiger partial charge in [-0.2, -0.15) is 0 Å². The lowest BCUT2D eigenvalue weighted by Crippen LogP contribution is -2.41. The predicted molar refractivity (Wildman–Crippen MR) is 102 cm³/mol. The second-order valence-electron chi connectivity index (χ2n) is 7.01. The van der Waals surface area contributed by atoms with Crippen LogP contribution in [0.1, 0.15) is 26.0 Å². The van der Waals surface area contributed by atoms with Gasteiger partial charge in [0.2, 0.25) is 5.91 Å². The van der Waals surface area contributed by atoms with Crippen LogP contribution in [0, 0.1) is 11.3 Å². The summed E-state index contributed by atoms with van der Waals surface area (Å²) < 4.78 is 0. The van der Waals surface area contributed by atoms with E-state index in [9.17, 15) is 14.7 Å². The van der Waals surface area contributed by atoms with Gasteiger partial charge in [0.1, 0.15) is 5.01 Å². The Labute approximate surface area is 161 Å². The number of carboxylic acids is 1. The zero-order chi connectivity index (χ0) is 18.9. The smallest absolute Gasteiger partial charge is 0.311 e. The average molecular weight is 393 g/mol. The molecule has 1 amide bonds. The Morgan fingerprint density at radius 1 is 1.35 bits per heavy atom. The van der Waals surface area contributed by atoms with Crippen molar-refractivity contribution in [1.29, 1.82) is 0 Å². The number of amides is 1. The number of carboxylic acid groups (broad SMARTS) is 1. The minimum Gasteiger partial charge on any atom is -0.481 e. The summed E-state index contributed by atoms with van der Waals surface area (Å²) in [5, 5.41) is 13.0. The van der Waals surface area contributed by atoms with E-state index in [1.54, 1.807) is 4.90 Å². The molecule has 1 aromatic heterocycles. The number of hydrogen-bond acceptors (Lipinski definition) is 4. The summed E-state index contributed by atoms with van der Waals surface area (Å²) in [5.41, 5.74) is 0.831. The van der Waals surface area contributed by atoms with Gasteiger partial charge in [0.15, 0.2) is 0 Å². The highest BCUT2D eigenvalue weighted by atomic mass is 35.5. The molecule has 26 heavy (non-hydrogen) atoms. The number of hydrogen-bond donors (Lipinski definition) is 1. The maximum Gasteiger partial charge on any atom is 0.311 e. The molecule has 1 aliphatic heterocycles. The number of thiazole rings is 1. The highest BCUT2D eigenvalue weighted by molar-refractivity contribution is 7.13. The first-order valence-electron chi connectivity index (χ1n) is 8.53. The Bertz CT molecular complexity index is 818. The van der Waals surface area contributed by atoms with Crippen molar-refractivity contribution in [3.05, 3.63) is 40.4 Å². The number of aromatic nitrogens is 1. The highest BCUT2D eigenvalue weighted by Gasteiger charge is 2.48. The number of carbonyl (C=O) groups excluding carboxylic acids is 1. The fraction of sp³-hybridized carbons (Fsp3) is 0.421. The van der Waals surface area contributed by atoms with Crippen LogP contribution in [0.3, 0.4) is 0 Å². The molecule has 0 saturated carbocycles. The van der Waals surface area contributed by atoms with Gasteiger partial charge in [-0.25, -0.2) is 4.98 Å². The van der Waals surface area contributed by atoms with E-state index in [-0.39, 0.29) is 24.8 Å². The molecule has 138 valence electrons. The van der Waals surface area contributed by atoms with Crippen LogP contribution in [0.4, 0.5) is 0 Å². The van der Waals surface area contributed by atoms with Crippen LogP contribution in [0.25, 0.3) is 10.6 Å². The molecule has 1 atom stereocenters. The number of likely N-dealkylation sites (tertiary alicyclic amines) is 1. The second-order valence-corrected chi connectivity index (χ2v) is 8.30. The first kappa shape index (κ1) is 18.9. The molecule has 1 saturated heterocycles. The largest absolute Gasteiger partial charge is 0.481 e. The molecule has 7 heteroatoms. The molecule has 1 N–H and O–H groups in total. The third-order valence-electron chi connectivity index (χ3n) is 5.16. The molecule has 3 rings (SSSR count). The summed E-state index contributed by atoms with van der Waals surface area (Å²) in [6.45, 7) is 4.56. The predicted octanol–water partition coefficient (Wildman–Crippen LogP) is 3.97. The molecule has 1 aliphatic rings. The van der Waals surface area contributed by atoms with E-state index < -0.39 is 11.4 Å². The summed E-state index contributed by atoms with van der Waals surface area (Å²) >= 11 is 7.39. The molecule has 0 bridgehead atoms. The van der Waals surface area contributed by atoms with Crippen LogP contribution >= 0.6 is 22.9 Å². The monoisotopic (exact) mass is 392 g/mol. The van der Waals surface area contributed by atoms with Gasteiger partial charge in [0.25, 0.3) is 0 Å². The molecule has 2 heterocycles. The Balaban J connectivity index is 1.68. The van der Waals surface area contributed by atoms with Crippen molar-refractivity contribution in [2.45, 2.75) is 26.7 Å². The number of carbonyl (C=O) groups is 2. The van der Waals surface area contributed by atoms with Crippen LogP contribution in [0.2, 0.25) is 5.02 Å². The van der Waals surface area contributed by atoms with E-state index >= 15 is 0 Å². The zero-order valence-corrected chi connectivity index (χ0v) is 16.3. The lowest BCUT2D eigenvalue weighted by molar-refractivity contribution is -0.151. The first-order valence-corrected chi connectivity index (χ1v) is 9.79. The Morgan fingerprint density at radius 3 is 2.62 bits per heavy atom. The standard InChI is InChI=1S/C19H21ClN2O3S/c1-12(2)19(18(24)25)7-8-22(11-19)16(23)9-15-10-26-17(21-15)13-3-5-14(20)6-4-13/h3-6,10,12H,7-9,11H2,1-2H3,(H,24,25). The molecule has 1 aromatic carbocycles. The van der Waals surface area contributed by atoms with Crippen molar-refractivity contribution < 1.29 is 14.7 Å². The van der Waals surface area contributed by atoms with Crippen molar-refractivity contribution in [2.24, 2.45) is 11.3 Å². The molecule has 1 fully saturated rings. The van der Waals surface area contributed by atoms with Crippen molar-refractivity contribution in [1.82, 2.24) is 9.88 Å². The zero-order valence-electron chi connectivity index (χ0n) is 14.7. The van der Waals surface area contributed by atoms with Crippen LogP contribution in [-0.2, 0) is 16.0 Å². The van der Waals surface area contributed by atoms with E-state index in [2.05, 4.69) is 4.98 Å². The molecular weight excluding hydrogens is 372 g/mol. The van der Waals surface area contributed by atoms with Crippen molar-refractivity contribution >= 4 is 34.8 Å². The van der Waals surface area contributed by atoms with Crippen LogP contribution < -0.4 is 0 Å². The third-order valence-corrected chi connectivity index (χ3v) is 6.35. The maximum absolute atomic E-state index is 12.6. The van der Waals surface area contributed by atoms with Gasteiger partial charge in [-0.05, 0) is 24.5 Å². The number of aliphatic carboxylic acids is 1. The summed E-state index contributed by atoms with van der Waals surface area (Å²) in [5.74, 6) is -0.906. The van der Waals surface area contributed by atoms with Crippen molar-refractivity contribution in [3.8, 4) is 10.6 Å². The Morgan fingerprint density at radius 2 is 2.04 bits per heavy atom. The Kier molecular flexibility index (Phi) is 5.34. The highest BCUT2D eigenvalue weighted by Crippen LogP contribution is 2.38. The van der Waals surface area contributed by atoms with Gasteiger partial charge < -0.3 is 10.0 Å². The fourth-order valence-corrected chi connectivity index (χ4v) is 4.27. The number of halogens is 1. The van der Waals surface area contributed by atoms with E-state index in [1.165, 1.54) is 11.3 Å². The van der Waals surface area contributed by atoms with Gasteiger partial charge in [0.05, 0.1) is 17.5 Å². The molecule has 0 aliphatic carbocycles. The normalized spacial score (nSPS) is 19.9. The minimum absolute atomic E-state index is 0.0198. The minimum atomic E-state index is -0.841. The second kappa shape index (κ2) is 7.37. The van der Waals surface area contributed by atoms with Crippen molar-refractivity contribution in [3.63, 3.8) is 0 Å². The molecular formula is C19H21ClN2O3S. The van der Waals surface area contributed by atoms with E-state index in [1.807, 2.05) is 43.5 Å². The molecule has 1 unspecified atom stereocenters. The lowest BCUT2D eigenvalue weighted by Gasteiger charge is -2.28. The van der Waals surface area contributed by atoms with Crippen molar-refractivity contribution in [2.75, 3.05) is 13.1 Å².